The minimum absolute atomic E-state index is 0.00318. The van der Waals surface area contributed by atoms with Gasteiger partial charge in [-0.1, -0.05) is 12.1 Å². The van der Waals surface area contributed by atoms with Gasteiger partial charge in [-0.2, -0.15) is 14.6 Å². The van der Waals surface area contributed by atoms with Crippen LogP contribution in [0, 0.1) is 5.92 Å². The van der Waals surface area contributed by atoms with E-state index < -0.39 is 18.0 Å². The molecule has 2 aliphatic heterocycles. The summed E-state index contributed by atoms with van der Waals surface area (Å²) in [7, 11) is 0. The Kier molecular flexibility index (Phi) is 10.3. The lowest BCUT2D eigenvalue weighted by atomic mass is 9.85. The van der Waals surface area contributed by atoms with Crippen LogP contribution >= 0.6 is 11.5 Å². The van der Waals surface area contributed by atoms with Crippen molar-refractivity contribution in [2.45, 2.75) is 51.1 Å². The van der Waals surface area contributed by atoms with Gasteiger partial charge in [0.15, 0.2) is 11.3 Å². The number of fused-ring (bicyclic) bond motifs is 2. The van der Waals surface area contributed by atoms with E-state index in [1.807, 2.05) is 37.4 Å². The first-order valence-electron chi connectivity index (χ1n) is 18.2. The maximum absolute atomic E-state index is 14.2. The number of ether oxygens (including phenoxy) is 1. The fraction of sp³-hybridized carbons (Fsp3) is 0.500. The summed E-state index contributed by atoms with van der Waals surface area (Å²) in [5.41, 5.74) is 0.891. The number of alkyl halides is 2. The molecule has 280 valence electrons. The number of rotatable bonds is 10. The van der Waals surface area contributed by atoms with Crippen molar-refractivity contribution in [3.63, 3.8) is 0 Å². The van der Waals surface area contributed by atoms with Crippen LogP contribution in [0.5, 0.6) is 0 Å². The Morgan fingerprint density at radius 1 is 1.00 bits per heavy atom. The third-order valence-electron chi connectivity index (χ3n) is 10.7. The summed E-state index contributed by atoms with van der Waals surface area (Å²) in [5, 5.41) is 15.3. The standard InChI is InChI=1S/C36H43F2N11O3S/c1-23-22-52-16-15-47(23)30-9-10-48-35(43-30)27(18-39-48)36(51)42-29-20-49(44-32(29)34(37)38)26-7-5-24(6-8-26)19-45-11-13-46(14-12-45)21-31(50)41-28-4-2-3-25-17-40-53-33(25)28/h2-4,9-10,17-18,20,23-24,26,34H,5-8,11-16,19,21-22H2,1H3,(H,41,50)(H,42,51)/t23-,24?,26?/m0/s1. The quantitative estimate of drug-likeness (QED) is 0.202. The van der Waals surface area contributed by atoms with Crippen molar-refractivity contribution in [3.05, 3.63) is 60.3 Å². The van der Waals surface area contributed by atoms with Crippen molar-refractivity contribution in [1.29, 1.82) is 0 Å². The number of aromatic nitrogens is 6. The van der Waals surface area contributed by atoms with Gasteiger partial charge in [-0.05, 0) is 62.2 Å². The van der Waals surface area contributed by atoms with Crippen LogP contribution in [0.25, 0.3) is 15.7 Å². The molecule has 0 bridgehead atoms. The Morgan fingerprint density at radius 3 is 2.60 bits per heavy atom. The second-order valence-electron chi connectivity index (χ2n) is 14.2. The predicted molar refractivity (Wildman–Crippen MR) is 198 cm³/mol. The van der Waals surface area contributed by atoms with Crippen LogP contribution < -0.4 is 15.5 Å². The SMILES string of the molecule is C[C@H]1COCCN1c1ccn2ncc(C(=O)Nc3cn(C4CCC(CN5CCN(CC(=O)Nc6cccc7cnsc67)CC5)CC4)nc3C(F)F)c2n1. The molecule has 14 nitrogen and oxygen atoms in total. The molecule has 8 rings (SSSR count). The normalized spacial score (nSPS) is 21.8. The Labute approximate surface area is 309 Å². The first-order chi connectivity index (χ1) is 25.8. The van der Waals surface area contributed by atoms with E-state index >= 15 is 0 Å². The van der Waals surface area contributed by atoms with E-state index in [9.17, 15) is 18.4 Å². The summed E-state index contributed by atoms with van der Waals surface area (Å²) in [5.74, 6) is 0.607. The number of nitrogens with one attached hydrogen (secondary N) is 2. The van der Waals surface area contributed by atoms with E-state index in [-0.39, 0.29) is 29.2 Å². The van der Waals surface area contributed by atoms with E-state index in [4.69, 9.17) is 9.72 Å². The van der Waals surface area contributed by atoms with E-state index in [2.05, 4.69) is 39.9 Å². The van der Waals surface area contributed by atoms with Crippen LogP contribution in [0.3, 0.4) is 0 Å². The number of hydrogen-bond donors (Lipinski definition) is 2. The first kappa shape index (κ1) is 35.4. The van der Waals surface area contributed by atoms with Crippen molar-refractivity contribution in [2.24, 2.45) is 5.92 Å². The Bertz CT molecular complexity index is 2070. The maximum atomic E-state index is 14.2. The van der Waals surface area contributed by atoms with E-state index in [1.54, 1.807) is 10.9 Å². The fourth-order valence-electron chi connectivity index (χ4n) is 7.76. The molecule has 0 unspecified atom stereocenters. The molecule has 4 aromatic heterocycles. The monoisotopic (exact) mass is 747 g/mol. The number of morpholine rings is 1. The lowest BCUT2D eigenvalue weighted by Gasteiger charge is -2.38. The first-order valence-corrected chi connectivity index (χ1v) is 19.0. The number of benzene rings is 1. The number of anilines is 3. The van der Waals surface area contributed by atoms with Gasteiger partial charge in [0.2, 0.25) is 5.91 Å². The third kappa shape index (κ3) is 7.74. The van der Waals surface area contributed by atoms with Gasteiger partial charge in [0.1, 0.15) is 11.4 Å². The molecule has 3 fully saturated rings. The maximum Gasteiger partial charge on any atom is 0.284 e. The van der Waals surface area contributed by atoms with Crippen LogP contribution in [0.2, 0.25) is 0 Å². The number of amides is 2. The average molecular weight is 748 g/mol. The molecular formula is C36H43F2N11O3S. The smallest absolute Gasteiger partial charge is 0.284 e. The summed E-state index contributed by atoms with van der Waals surface area (Å²) >= 11 is 1.38. The van der Waals surface area contributed by atoms with Crippen molar-refractivity contribution in [1.82, 2.24) is 38.6 Å². The van der Waals surface area contributed by atoms with Crippen molar-refractivity contribution in [3.8, 4) is 0 Å². The number of piperazine rings is 1. The Hall–Kier alpha value is -4.58. The lowest BCUT2D eigenvalue weighted by Crippen LogP contribution is -2.49. The number of carbonyl (C=O) groups excluding carboxylic acids is 2. The molecule has 17 heteroatoms. The molecule has 1 aromatic carbocycles. The Balaban J connectivity index is 0.831. The van der Waals surface area contributed by atoms with Gasteiger partial charge in [0, 0.05) is 63.2 Å². The summed E-state index contributed by atoms with van der Waals surface area (Å²) in [6.07, 6.45) is 7.19. The van der Waals surface area contributed by atoms with Crippen LogP contribution in [0.15, 0.2) is 49.1 Å². The molecule has 5 aromatic rings. The van der Waals surface area contributed by atoms with Crippen LogP contribution in [0.1, 0.15) is 61.1 Å². The van der Waals surface area contributed by atoms with Crippen LogP contribution in [-0.2, 0) is 9.53 Å². The minimum atomic E-state index is -2.85. The summed E-state index contributed by atoms with van der Waals surface area (Å²) < 4.78 is 42.3. The number of nitrogens with zero attached hydrogens (tertiary/aromatic N) is 9. The van der Waals surface area contributed by atoms with Gasteiger partial charge in [0.05, 0.1) is 54.1 Å². The third-order valence-corrected chi connectivity index (χ3v) is 11.5. The topological polar surface area (TPSA) is 138 Å². The van der Waals surface area contributed by atoms with E-state index in [0.29, 0.717) is 43.7 Å². The van der Waals surface area contributed by atoms with E-state index in [0.717, 1.165) is 74.2 Å². The molecule has 1 saturated carbocycles. The lowest BCUT2D eigenvalue weighted by molar-refractivity contribution is -0.117. The number of carbonyl (C=O) groups is 2. The van der Waals surface area contributed by atoms with Gasteiger partial charge in [0.25, 0.3) is 12.3 Å². The van der Waals surface area contributed by atoms with Gasteiger partial charge in [-0.15, -0.1) is 0 Å². The van der Waals surface area contributed by atoms with Crippen molar-refractivity contribution >= 4 is 56.3 Å². The summed E-state index contributed by atoms with van der Waals surface area (Å²) in [6.45, 7) is 8.65. The Morgan fingerprint density at radius 2 is 1.81 bits per heavy atom. The van der Waals surface area contributed by atoms with Crippen molar-refractivity contribution < 1.29 is 23.1 Å². The average Bonchev–Trinajstić information content (AvgIpc) is 3.92. The molecule has 2 amide bonds. The molecule has 3 aliphatic rings. The minimum Gasteiger partial charge on any atom is -0.377 e. The highest BCUT2D eigenvalue weighted by Crippen LogP contribution is 2.35. The fourth-order valence-corrected chi connectivity index (χ4v) is 8.47. The van der Waals surface area contributed by atoms with Crippen LogP contribution in [-0.4, -0.2) is 115 Å². The molecule has 1 atom stereocenters. The van der Waals surface area contributed by atoms with Crippen molar-refractivity contribution in [2.75, 3.05) is 74.6 Å². The summed E-state index contributed by atoms with van der Waals surface area (Å²) in [4.78, 5) is 37.8. The largest absolute Gasteiger partial charge is 0.377 e. The molecule has 2 saturated heterocycles. The molecule has 0 spiro atoms. The molecular weight excluding hydrogens is 705 g/mol. The number of hydrogen-bond acceptors (Lipinski definition) is 11. The van der Waals surface area contributed by atoms with E-state index in [1.165, 1.54) is 28.4 Å². The highest BCUT2D eigenvalue weighted by atomic mass is 32.1. The molecule has 6 heterocycles. The zero-order chi connectivity index (χ0) is 36.5. The zero-order valence-corrected chi connectivity index (χ0v) is 30.4. The second kappa shape index (κ2) is 15.4. The zero-order valence-electron chi connectivity index (χ0n) is 29.5. The number of halogens is 2. The van der Waals surface area contributed by atoms with Gasteiger partial charge in [-0.25, -0.2) is 18.3 Å². The molecule has 2 N–H and O–H groups in total. The highest BCUT2D eigenvalue weighted by molar-refractivity contribution is 7.14. The second-order valence-corrected chi connectivity index (χ2v) is 15.0. The highest BCUT2D eigenvalue weighted by Gasteiger charge is 2.30. The van der Waals surface area contributed by atoms with Gasteiger partial charge < -0.3 is 25.2 Å². The molecule has 1 aliphatic carbocycles. The van der Waals surface area contributed by atoms with Gasteiger partial charge in [-0.3, -0.25) is 19.2 Å². The van der Waals surface area contributed by atoms with Gasteiger partial charge >= 0.3 is 0 Å². The molecule has 0 radical (unpaired) electrons. The van der Waals surface area contributed by atoms with Crippen LogP contribution in [0.4, 0.5) is 26.0 Å². The summed E-state index contributed by atoms with van der Waals surface area (Å²) in [6, 6.07) is 7.76. The predicted octanol–water partition coefficient (Wildman–Crippen LogP) is 4.94. The molecule has 53 heavy (non-hydrogen) atoms.